The zero-order valence-corrected chi connectivity index (χ0v) is 12.3. The third kappa shape index (κ3) is 38.9. The van der Waals surface area contributed by atoms with Crippen molar-refractivity contribution in [2.75, 3.05) is 14.1 Å². The predicted molar refractivity (Wildman–Crippen MR) is 76.8 cm³/mol. The topological polar surface area (TPSA) is 57.2 Å². The molecule has 0 spiro atoms. The summed E-state index contributed by atoms with van der Waals surface area (Å²) in [5.41, 5.74) is 0. The minimum atomic E-state index is -0.557. The third-order valence-electron chi connectivity index (χ3n) is 0.728. The van der Waals surface area contributed by atoms with Crippen LogP contribution in [-0.2, 0) is 24.3 Å². The number of hydrogen-bond donors (Lipinski definition) is 1. The molecule has 0 aliphatic rings. The Morgan fingerprint density at radius 2 is 1.42 bits per heavy atom. The van der Waals surface area contributed by atoms with Crippen LogP contribution in [0.2, 0.25) is 0 Å². The van der Waals surface area contributed by atoms with Crippen molar-refractivity contribution in [3.05, 3.63) is 0 Å². The van der Waals surface area contributed by atoms with E-state index in [1.165, 1.54) is 6.92 Å². The standard InChI is InChI=1S/C4H4O3.C4H2O2.C3H7NS2/c1-3-6-7-4(2)5;1-3-5-6-4-2;1-4(2)3(5)6/h1H,2H3;1-2H;1-2H3,(H,5,6). The number of thiol groups is 1. The monoisotopic (exact) mass is 303 g/mol. The lowest BCUT2D eigenvalue weighted by molar-refractivity contribution is -0.227. The number of terminal acetylenes is 3. The van der Waals surface area contributed by atoms with Gasteiger partial charge in [-0.2, -0.15) is 0 Å². The van der Waals surface area contributed by atoms with Crippen LogP contribution in [0.4, 0.5) is 0 Å². The summed E-state index contributed by atoms with van der Waals surface area (Å²) in [6.45, 7) is 1.19. The Bertz CT molecular complexity index is 362. The first-order chi connectivity index (χ1) is 8.83. The first-order valence-corrected chi connectivity index (χ1v) is 5.12. The van der Waals surface area contributed by atoms with Gasteiger partial charge in [0.25, 0.3) is 0 Å². The molecule has 0 radical (unpaired) electrons. The minimum absolute atomic E-state index is 0.557. The fourth-order valence-electron chi connectivity index (χ4n) is 0.131. The summed E-state index contributed by atoms with van der Waals surface area (Å²) in [5, 5.41) is 0. The van der Waals surface area contributed by atoms with E-state index in [1.54, 1.807) is 23.2 Å². The molecular weight excluding hydrogens is 290 g/mol. The molecule has 0 aromatic rings. The van der Waals surface area contributed by atoms with E-state index in [0.29, 0.717) is 4.32 Å². The highest BCUT2D eigenvalue weighted by Crippen LogP contribution is 1.84. The maximum Gasteiger partial charge on any atom is 0.353 e. The fraction of sp³-hybridized carbons (Fsp3) is 0.273. The minimum Gasteiger partial charge on any atom is -0.364 e. The molecule has 0 fully saturated rings. The van der Waals surface area contributed by atoms with Gasteiger partial charge < -0.3 is 4.90 Å². The lowest BCUT2D eigenvalue weighted by Gasteiger charge is -2.05. The van der Waals surface area contributed by atoms with Crippen LogP contribution < -0.4 is 0 Å². The Morgan fingerprint density at radius 1 is 1.11 bits per heavy atom. The second-order valence-electron chi connectivity index (χ2n) is 2.36. The largest absolute Gasteiger partial charge is 0.364 e. The summed E-state index contributed by atoms with van der Waals surface area (Å²) < 4.78 is 0.620. The number of nitrogens with zero attached hydrogens (tertiary/aromatic N) is 1. The molecule has 0 saturated carbocycles. The highest BCUT2D eigenvalue weighted by atomic mass is 32.1. The molecule has 8 heteroatoms. The lowest BCUT2D eigenvalue weighted by atomic mass is 10.8. The average Bonchev–Trinajstić information content (AvgIpc) is 2.35. The van der Waals surface area contributed by atoms with E-state index in [1.807, 2.05) is 14.1 Å². The van der Waals surface area contributed by atoms with Gasteiger partial charge in [-0.3, -0.25) is 0 Å². The zero-order valence-electron chi connectivity index (χ0n) is 10.6. The van der Waals surface area contributed by atoms with Gasteiger partial charge in [-0.05, 0) is 0 Å². The summed E-state index contributed by atoms with van der Waals surface area (Å²) in [7, 11) is 3.71. The average molecular weight is 303 g/mol. The van der Waals surface area contributed by atoms with E-state index in [9.17, 15) is 4.79 Å². The van der Waals surface area contributed by atoms with Gasteiger partial charge in [-0.15, -0.1) is 12.6 Å². The van der Waals surface area contributed by atoms with Crippen LogP contribution in [0.3, 0.4) is 0 Å². The molecule has 6 nitrogen and oxygen atoms in total. The van der Waals surface area contributed by atoms with E-state index in [0.717, 1.165) is 0 Å². The van der Waals surface area contributed by atoms with Crippen molar-refractivity contribution in [3.8, 4) is 37.6 Å². The summed E-state index contributed by atoms with van der Waals surface area (Å²) in [6, 6.07) is 0. The smallest absolute Gasteiger partial charge is 0.353 e. The van der Waals surface area contributed by atoms with Crippen LogP contribution in [0.15, 0.2) is 0 Å². The number of rotatable bonds is 2. The molecule has 0 amide bonds. The Kier molecular flexibility index (Phi) is 21.0. The predicted octanol–water partition coefficient (Wildman–Crippen LogP) is 0.950. The maximum atomic E-state index is 9.76. The van der Waals surface area contributed by atoms with Gasteiger partial charge in [-0.1, -0.05) is 31.5 Å². The van der Waals surface area contributed by atoms with Crippen LogP contribution >= 0.6 is 24.8 Å². The molecule has 104 valence electrons. The van der Waals surface area contributed by atoms with Gasteiger partial charge in [0, 0.05) is 21.0 Å². The first kappa shape index (κ1) is 22.0. The SMILES string of the molecule is C#COOC#C.C#COOC(C)=O.CN(C)C(=S)S. The van der Waals surface area contributed by atoms with E-state index in [2.05, 4.69) is 63.7 Å². The van der Waals surface area contributed by atoms with Crippen molar-refractivity contribution in [1.82, 2.24) is 4.90 Å². The van der Waals surface area contributed by atoms with Crippen molar-refractivity contribution in [3.63, 3.8) is 0 Å². The summed E-state index contributed by atoms with van der Waals surface area (Å²) >= 11 is 8.46. The van der Waals surface area contributed by atoms with Gasteiger partial charge >= 0.3 is 5.97 Å². The van der Waals surface area contributed by atoms with Gasteiger partial charge in [0.2, 0.25) is 0 Å². The molecule has 19 heavy (non-hydrogen) atoms. The normalized spacial score (nSPS) is 6.16. The summed E-state index contributed by atoms with van der Waals surface area (Å²) in [4.78, 5) is 26.7. The molecular formula is C11H13NO5S2. The lowest BCUT2D eigenvalue weighted by Crippen LogP contribution is -2.12. The van der Waals surface area contributed by atoms with Crippen molar-refractivity contribution in [1.29, 1.82) is 0 Å². The Labute approximate surface area is 123 Å². The Balaban J connectivity index is -0.000000203. The Hall–Kier alpha value is -2.21. The number of carbonyl (C=O) groups excluding carboxylic acids is 1. The van der Waals surface area contributed by atoms with Gasteiger partial charge in [0.05, 0.1) is 0 Å². The molecule has 0 unspecified atom stereocenters. The second kappa shape index (κ2) is 18.2. The van der Waals surface area contributed by atoms with Crippen LogP contribution in [0.5, 0.6) is 0 Å². The van der Waals surface area contributed by atoms with Gasteiger partial charge in [0.15, 0.2) is 18.3 Å². The van der Waals surface area contributed by atoms with Crippen molar-refractivity contribution < 1.29 is 24.3 Å². The molecule has 0 aliphatic carbocycles. The number of thiocarbonyl (C=S) groups is 1. The molecule has 0 rings (SSSR count). The first-order valence-electron chi connectivity index (χ1n) is 4.27. The quantitative estimate of drug-likeness (QED) is 0.203. The van der Waals surface area contributed by atoms with Crippen LogP contribution in [-0.4, -0.2) is 29.3 Å². The van der Waals surface area contributed by atoms with Crippen molar-refractivity contribution >= 4 is 35.1 Å². The highest BCUT2D eigenvalue weighted by Gasteiger charge is 1.86. The van der Waals surface area contributed by atoms with E-state index in [4.69, 9.17) is 0 Å². The van der Waals surface area contributed by atoms with E-state index >= 15 is 0 Å². The van der Waals surface area contributed by atoms with Crippen LogP contribution in [0.1, 0.15) is 6.92 Å². The zero-order chi connectivity index (χ0) is 15.7. The van der Waals surface area contributed by atoms with Crippen molar-refractivity contribution in [2.24, 2.45) is 0 Å². The van der Waals surface area contributed by atoms with E-state index < -0.39 is 5.97 Å². The fourth-order valence-corrected chi connectivity index (χ4v) is 0.131. The molecule has 0 N–H and O–H groups in total. The number of hydrogen-bond acceptors (Lipinski definition) is 6. The molecule has 0 aliphatic heterocycles. The summed E-state index contributed by atoms with van der Waals surface area (Å²) in [5.74, 6) is -0.557. The highest BCUT2D eigenvalue weighted by molar-refractivity contribution is 8.10. The van der Waals surface area contributed by atoms with Crippen LogP contribution in [0, 0.1) is 37.6 Å². The van der Waals surface area contributed by atoms with Crippen LogP contribution in [0.25, 0.3) is 0 Å². The van der Waals surface area contributed by atoms with Gasteiger partial charge in [0.1, 0.15) is 4.32 Å². The summed E-state index contributed by atoms with van der Waals surface area (Å²) in [6.07, 6.45) is 18.6. The molecule has 0 atom stereocenters. The second-order valence-corrected chi connectivity index (χ2v) is 3.47. The Morgan fingerprint density at radius 3 is 1.53 bits per heavy atom. The maximum absolute atomic E-state index is 9.76. The number of carbonyl (C=O) groups is 1. The molecule has 0 heterocycles. The van der Waals surface area contributed by atoms with E-state index in [-0.39, 0.29) is 0 Å². The molecule has 0 saturated heterocycles. The third-order valence-corrected chi connectivity index (χ3v) is 1.49. The molecule has 0 aromatic heterocycles. The molecule has 0 aromatic carbocycles. The molecule has 0 bridgehead atoms. The van der Waals surface area contributed by atoms with Crippen molar-refractivity contribution in [2.45, 2.75) is 6.92 Å². The van der Waals surface area contributed by atoms with Gasteiger partial charge in [-0.25, -0.2) is 24.3 Å².